The van der Waals surface area contributed by atoms with Gasteiger partial charge in [-0.15, -0.1) is 0 Å². The fourth-order valence-electron chi connectivity index (χ4n) is 3.29. The lowest BCUT2D eigenvalue weighted by molar-refractivity contribution is 0.171. The van der Waals surface area contributed by atoms with Gasteiger partial charge in [0.05, 0.1) is 11.5 Å². The van der Waals surface area contributed by atoms with E-state index in [-0.39, 0.29) is 5.41 Å². The summed E-state index contributed by atoms with van der Waals surface area (Å²) in [5.41, 5.74) is 3.73. The van der Waals surface area contributed by atoms with Gasteiger partial charge >= 0.3 is 0 Å². The van der Waals surface area contributed by atoms with Gasteiger partial charge in [0.25, 0.3) is 10.1 Å². The van der Waals surface area contributed by atoms with E-state index < -0.39 is 10.1 Å². The molecule has 1 heterocycles. The van der Waals surface area contributed by atoms with Crippen LogP contribution in [0.4, 0.5) is 0 Å². The lowest BCUT2D eigenvalue weighted by Crippen LogP contribution is -2.27. The summed E-state index contributed by atoms with van der Waals surface area (Å²) >= 11 is 0. The van der Waals surface area contributed by atoms with Gasteiger partial charge in [-0.1, -0.05) is 6.07 Å². The van der Waals surface area contributed by atoms with Gasteiger partial charge in [-0.2, -0.15) is 8.42 Å². The molecule has 3 bridgehead atoms. The second-order valence-electron chi connectivity index (χ2n) is 4.93. The van der Waals surface area contributed by atoms with E-state index in [9.17, 15) is 8.42 Å². The highest BCUT2D eigenvalue weighted by Gasteiger charge is 2.50. The van der Waals surface area contributed by atoms with Crippen LogP contribution < -0.4 is 0 Å². The molecule has 0 amide bonds. The van der Waals surface area contributed by atoms with Crippen molar-refractivity contribution in [3.63, 3.8) is 0 Å². The fourth-order valence-corrected chi connectivity index (χ4v) is 4.56. The number of hydrogen-bond donors (Lipinski definition) is 0. The van der Waals surface area contributed by atoms with E-state index in [4.69, 9.17) is 4.18 Å². The van der Waals surface area contributed by atoms with Gasteiger partial charge in [-0.05, 0) is 42.0 Å². The first-order valence-electron chi connectivity index (χ1n) is 5.13. The largest absolute Gasteiger partial charge is 0.297 e. The van der Waals surface area contributed by atoms with E-state index in [2.05, 4.69) is 0 Å². The average molecular weight is 222 g/mol. The fraction of sp³-hybridized carbons (Fsp3) is 0.455. The molecule has 1 spiro atoms. The van der Waals surface area contributed by atoms with Crippen molar-refractivity contribution in [1.82, 2.24) is 0 Å². The van der Waals surface area contributed by atoms with Crippen molar-refractivity contribution < 1.29 is 12.6 Å². The minimum Gasteiger partial charge on any atom is -0.266 e. The molecule has 1 unspecified atom stereocenters. The maximum atomic E-state index is 11.8. The number of hydrogen-bond acceptors (Lipinski definition) is 3. The zero-order valence-corrected chi connectivity index (χ0v) is 8.93. The molecule has 0 radical (unpaired) electrons. The van der Waals surface area contributed by atoms with Crippen molar-refractivity contribution in [3.8, 4) is 0 Å². The first-order valence-corrected chi connectivity index (χ1v) is 6.54. The first kappa shape index (κ1) is 8.30. The van der Waals surface area contributed by atoms with Crippen LogP contribution in [0.25, 0.3) is 0 Å². The van der Waals surface area contributed by atoms with E-state index in [1.165, 1.54) is 11.1 Å². The molecule has 3 aliphatic rings. The van der Waals surface area contributed by atoms with Crippen LogP contribution in [0.1, 0.15) is 16.7 Å². The van der Waals surface area contributed by atoms with Gasteiger partial charge in [-0.25, -0.2) is 0 Å². The van der Waals surface area contributed by atoms with Crippen LogP contribution >= 0.6 is 0 Å². The minimum absolute atomic E-state index is 0.0690. The molecule has 2 aliphatic carbocycles. The highest BCUT2D eigenvalue weighted by Crippen LogP contribution is 2.52. The van der Waals surface area contributed by atoms with Crippen LogP contribution in [-0.4, -0.2) is 15.0 Å². The maximum absolute atomic E-state index is 11.8. The Kier molecular flexibility index (Phi) is 1.18. The highest BCUT2D eigenvalue weighted by molar-refractivity contribution is 7.86. The van der Waals surface area contributed by atoms with Crippen molar-refractivity contribution >= 4 is 10.1 Å². The predicted octanol–water partition coefficient (Wildman–Crippen LogP) is 1.05. The zero-order chi connectivity index (χ0) is 10.3. The standard InChI is InChI=1S/C11H10O3S/c12-15(13)10-2-1-7-3-11(6-14-15)4-8(7)9(10)5-11/h1-2H,3-6H2. The van der Waals surface area contributed by atoms with Gasteiger partial charge in [0.15, 0.2) is 0 Å². The maximum Gasteiger partial charge on any atom is 0.297 e. The first-order chi connectivity index (χ1) is 7.10. The van der Waals surface area contributed by atoms with Crippen LogP contribution in [0.15, 0.2) is 17.0 Å². The van der Waals surface area contributed by atoms with Crippen molar-refractivity contribution in [1.29, 1.82) is 0 Å². The zero-order valence-electron chi connectivity index (χ0n) is 8.12. The van der Waals surface area contributed by atoms with Crippen molar-refractivity contribution in [2.24, 2.45) is 5.41 Å². The number of benzene rings is 1. The lowest BCUT2D eigenvalue weighted by Gasteiger charge is -2.23. The van der Waals surface area contributed by atoms with Crippen LogP contribution in [-0.2, 0) is 33.6 Å². The second-order valence-corrected chi connectivity index (χ2v) is 6.51. The summed E-state index contributed by atoms with van der Waals surface area (Å²) in [6.07, 6.45) is 2.90. The molecule has 0 saturated carbocycles. The molecule has 0 N–H and O–H groups in total. The molecule has 1 atom stereocenters. The Morgan fingerprint density at radius 1 is 1.13 bits per heavy atom. The molecule has 4 rings (SSSR count). The van der Waals surface area contributed by atoms with Gasteiger partial charge in [-0.3, -0.25) is 4.18 Å². The van der Waals surface area contributed by atoms with E-state index in [0.717, 1.165) is 24.8 Å². The Balaban J connectivity index is 2.18. The SMILES string of the molecule is O=S1(=O)OCC23Cc4ccc1c(c4C2)C3. The number of rotatable bonds is 0. The smallest absolute Gasteiger partial charge is 0.266 e. The molecule has 0 saturated heterocycles. The van der Waals surface area contributed by atoms with E-state index in [1.807, 2.05) is 6.07 Å². The van der Waals surface area contributed by atoms with Crippen molar-refractivity contribution in [2.45, 2.75) is 24.2 Å². The summed E-state index contributed by atoms with van der Waals surface area (Å²) in [4.78, 5) is 0.417. The minimum atomic E-state index is -3.48. The Bertz CT molecular complexity index is 588. The quantitative estimate of drug-likeness (QED) is 0.616. The Morgan fingerprint density at radius 2 is 1.93 bits per heavy atom. The molecule has 15 heavy (non-hydrogen) atoms. The van der Waals surface area contributed by atoms with Gasteiger partial charge in [0.2, 0.25) is 0 Å². The Morgan fingerprint density at radius 3 is 2.80 bits per heavy atom. The summed E-state index contributed by atoms with van der Waals surface area (Å²) in [6.45, 7) is 0.358. The average Bonchev–Trinajstić information content (AvgIpc) is 2.68. The topological polar surface area (TPSA) is 43.4 Å². The summed E-state index contributed by atoms with van der Waals surface area (Å²) in [6, 6.07) is 3.67. The molecular formula is C11H10O3S. The molecule has 78 valence electrons. The lowest BCUT2D eigenvalue weighted by atomic mass is 9.82. The van der Waals surface area contributed by atoms with Gasteiger partial charge in [0.1, 0.15) is 0 Å². The summed E-state index contributed by atoms with van der Waals surface area (Å²) in [7, 11) is -3.48. The Labute approximate surface area is 88.2 Å². The van der Waals surface area contributed by atoms with E-state index in [0.29, 0.717) is 11.5 Å². The van der Waals surface area contributed by atoms with Crippen LogP contribution in [0, 0.1) is 5.41 Å². The molecule has 0 fully saturated rings. The summed E-state index contributed by atoms with van der Waals surface area (Å²) in [5, 5.41) is 0. The summed E-state index contributed by atoms with van der Waals surface area (Å²) < 4.78 is 28.7. The third-order valence-electron chi connectivity index (χ3n) is 3.94. The molecule has 1 aliphatic heterocycles. The van der Waals surface area contributed by atoms with Crippen molar-refractivity contribution in [3.05, 3.63) is 28.8 Å². The van der Waals surface area contributed by atoms with Crippen molar-refractivity contribution in [2.75, 3.05) is 6.61 Å². The molecule has 4 heteroatoms. The molecule has 1 aromatic rings. The molecule has 0 aromatic heterocycles. The third-order valence-corrected chi connectivity index (χ3v) is 5.29. The third kappa shape index (κ3) is 0.835. The normalized spacial score (nSPS) is 33.3. The van der Waals surface area contributed by atoms with E-state index in [1.54, 1.807) is 6.07 Å². The summed E-state index contributed by atoms with van der Waals surface area (Å²) in [5.74, 6) is 0. The Hall–Kier alpha value is -0.870. The monoisotopic (exact) mass is 222 g/mol. The van der Waals surface area contributed by atoms with Crippen LogP contribution in [0.5, 0.6) is 0 Å². The van der Waals surface area contributed by atoms with Gasteiger partial charge < -0.3 is 0 Å². The van der Waals surface area contributed by atoms with Gasteiger partial charge in [0, 0.05) is 5.41 Å². The van der Waals surface area contributed by atoms with E-state index >= 15 is 0 Å². The van der Waals surface area contributed by atoms with Crippen LogP contribution in [0.2, 0.25) is 0 Å². The predicted molar refractivity (Wildman–Crippen MR) is 53.1 cm³/mol. The second kappa shape index (κ2) is 2.13. The highest BCUT2D eigenvalue weighted by atomic mass is 32.2. The molecule has 1 aromatic carbocycles. The van der Waals surface area contributed by atoms with Crippen LogP contribution in [0.3, 0.4) is 0 Å². The molecule has 3 nitrogen and oxygen atoms in total. The molecular weight excluding hydrogens is 212 g/mol.